The van der Waals surface area contributed by atoms with Crippen molar-refractivity contribution in [2.75, 3.05) is 6.54 Å². The predicted octanol–water partition coefficient (Wildman–Crippen LogP) is 4.04. The fourth-order valence-electron chi connectivity index (χ4n) is 4.58. The van der Waals surface area contributed by atoms with Crippen LogP contribution in [0.3, 0.4) is 0 Å². The molecular formula is C24H33N3O3. The second kappa shape index (κ2) is 9.02. The molecule has 0 spiro atoms. The van der Waals surface area contributed by atoms with E-state index in [1.165, 1.54) is 12.1 Å². The third-order valence-electron chi connectivity index (χ3n) is 6.05. The van der Waals surface area contributed by atoms with Crippen LogP contribution in [0.1, 0.15) is 69.7 Å². The zero-order valence-electron chi connectivity index (χ0n) is 18.2. The van der Waals surface area contributed by atoms with Gasteiger partial charge in [-0.3, -0.25) is 14.5 Å². The fraction of sp³-hybridized carbons (Fsp3) is 0.542. The minimum Gasteiger partial charge on any atom is -0.508 e. The average molecular weight is 412 g/mol. The number of hydrogen-bond acceptors (Lipinski definition) is 5. The van der Waals surface area contributed by atoms with Crippen LogP contribution in [0.15, 0.2) is 40.9 Å². The minimum absolute atomic E-state index is 0.00800. The maximum absolute atomic E-state index is 13.0. The first-order valence-corrected chi connectivity index (χ1v) is 10.9. The van der Waals surface area contributed by atoms with Crippen LogP contribution in [-0.4, -0.2) is 39.7 Å². The van der Waals surface area contributed by atoms with Crippen LogP contribution < -0.4 is 5.73 Å². The van der Waals surface area contributed by atoms with E-state index in [0.29, 0.717) is 42.7 Å². The van der Waals surface area contributed by atoms with E-state index in [2.05, 4.69) is 24.9 Å². The van der Waals surface area contributed by atoms with Gasteiger partial charge in [0.2, 0.25) is 0 Å². The molecule has 2 atom stereocenters. The van der Waals surface area contributed by atoms with Gasteiger partial charge in [-0.1, -0.05) is 25.5 Å². The van der Waals surface area contributed by atoms with Crippen LogP contribution >= 0.6 is 0 Å². The van der Waals surface area contributed by atoms with E-state index in [9.17, 15) is 14.7 Å². The van der Waals surface area contributed by atoms with Crippen molar-refractivity contribution in [1.29, 1.82) is 0 Å². The molecule has 3 rings (SSSR count). The molecule has 0 bridgehead atoms. The van der Waals surface area contributed by atoms with Crippen molar-refractivity contribution in [3.05, 3.63) is 41.5 Å². The molecule has 1 amide bonds. The van der Waals surface area contributed by atoms with Gasteiger partial charge in [0.25, 0.3) is 5.91 Å². The van der Waals surface area contributed by atoms with E-state index in [1.54, 1.807) is 17.0 Å². The largest absolute Gasteiger partial charge is 0.508 e. The molecule has 0 saturated heterocycles. The van der Waals surface area contributed by atoms with Gasteiger partial charge < -0.3 is 10.8 Å². The zero-order valence-corrected chi connectivity index (χ0v) is 18.2. The van der Waals surface area contributed by atoms with Crippen LogP contribution in [0.5, 0.6) is 5.75 Å². The van der Waals surface area contributed by atoms with Crippen molar-refractivity contribution < 1.29 is 14.7 Å². The van der Waals surface area contributed by atoms with Crippen LogP contribution in [0, 0.1) is 11.8 Å². The van der Waals surface area contributed by atoms with Crippen molar-refractivity contribution in [1.82, 2.24) is 4.90 Å². The summed E-state index contributed by atoms with van der Waals surface area (Å²) in [6, 6.07) is 6.40. The smallest absolute Gasteiger partial charge is 0.257 e. The third-order valence-corrected chi connectivity index (χ3v) is 6.05. The number of ketones is 1. The topological polar surface area (TPSA) is 96.0 Å². The number of phenolic OH excluding ortho intramolecular Hbond substituents is 1. The maximum Gasteiger partial charge on any atom is 0.257 e. The van der Waals surface area contributed by atoms with Gasteiger partial charge in [0.1, 0.15) is 11.3 Å². The molecule has 0 saturated carbocycles. The summed E-state index contributed by atoms with van der Waals surface area (Å²) in [7, 11) is 0. The minimum atomic E-state index is -0.747. The molecule has 1 heterocycles. The van der Waals surface area contributed by atoms with E-state index >= 15 is 0 Å². The number of aliphatic imine (C=N–C) groups is 1. The first-order chi connectivity index (χ1) is 14.2. The zero-order chi connectivity index (χ0) is 21.9. The number of rotatable bonds is 7. The number of carbonyl (C=O) groups is 2. The van der Waals surface area contributed by atoms with Crippen molar-refractivity contribution in [3.8, 4) is 5.75 Å². The first kappa shape index (κ1) is 22.1. The molecule has 6 heteroatoms. The lowest BCUT2D eigenvalue weighted by Crippen LogP contribution is -2.45. The summed E-state index contributed by atoms with van der Waals surface area (Å²) in [5, 5.41) is 9.39. The fourth-order valence-corrected chi connectivity index (χ4v) is 4.58. The molecule has 2 aliphatic rings. The van der Waals surface area contributed by atoms with Crippen molar-refractivity contribution in [3.63, 3.8) is 0 Å². The molecule has 3 N–H and O–H groups in total. The Hall–Kier alpha value is -2.63. The van der Waals surface area contributed by atoms with E-state index in [4.69, 9.17) is 5.73 Å². The molecule has 1 aromatic rings. The Morgan fingerprint density at radius 2 is 2.00 bits per heavy atom. The number of benzene rings is 1. The third kappa shape index (κ3) is 5.10. The van der Waals surface area contributed by atoms with Gasteiger partial charge >= 0.3 is 0 Å². The highest BCUT2D eigenvalue weighted by molar-refractivity contribution is 6.06. The lowest BCUT2D eigenvalue weighted by atomic mass is 9.90. The van der Waals surface area contributed by atoms with E-state index in [1.807, 2.05) is 6.92 Å². The predicted molar refractivity (Wildman–Crippen MR) is 118 cm³/mol. The monoisotopic (exact) mass is 411 g/mol. The molecule has 6 nitrogen and oxygen atoms in total. The number of Topliss-reactive ketones (excluding diaryl/α,β-unsaturated/α-hetero) is 1. The second-order valence-electron chi connectivity index (χ2n) is 9.25. The molecule has 0 fully saturated rings. The molecule has 30 heavy (non-hydrogen) atoms. The number of hydrogen-bond donors (Lipinski definition) is 2. The quantitative estimate of drug-likeness (QED) is 0.523. The van der Waals surface area contributed by atoms with E-state index in [-0.39, 0.29) is 17.4 Å². The molecule has 1 aliphatic heterocycles. The summed E-state index contributed by atoms with van der Waals surface area (Å²) in [4.78, 5) is 31.7. The Morgan fingerprint density at radius 1 is 1.30 bits per heavy atom. The van der Waals surface area contributed by atoms with Gasteiger partial charge in [-0.05, 0) is 75.1 Å². The number of nitrogens with zero attached hydrogens (tertiary/aromatic N) is 2. The van der Waals surface area contributed by atoms with Gasteiger partial charge in [-0.15, -0.1) is 0 Å². The Kier molecular flexibility index (Phi) is 6.64. The van der Waals surface area contributed by atoms with Gasteiger partial charge in [0, 0.05) is 18.5 Å². The molecule has 1 aromatic carbocycles. The molecule has 0 aromatic heterocycles. The highest BCUT2D eigenvalue weighted by atomic mass is 16.3. The van der Waals surface area contributed by atoms with Crippen LogP contribution in [0.4, 0.5) is 0 Å². The number of nitrogens with two attached hydrogens (primary N) is 1. The Labute approximate surface area is 178 Å². The number of amides is 1. The van der Waals surface area contributed by atoms with Gasteiger partial charge in [0.15, 0.2) is 11.7 Å². The number of phenols is 1. The van der Waals surface area contributed by atoms with Crippen molar-refractivity contribution >= 4 is 17.6 Å². The van der Waals surface area contributed by atoms with E-state index in [0.717, 1.165) is 31.3 Å². The molecule has 0 radical (unpaired) electrons. The summed E-state index contributed by atoms with van der Waals surface area (Å²) in [6.07, 6.45) is 6.89. The molecule has 1 aliphatic carbocycles. The van der Waals surface area contributed by atoms with Gasteiger partial charge in [0.05, 0.1) is 0 Å². The van der Waals surface area contributed by atoms with Crippen molar-refractivity contribution in [2.24, 2.45) is 22.6 Å². The highest BCUT2D eigenvalue weighted by Crippen LogP contribution is 2.32. The SMILES string of the molecule is CC(C)CC1(C)N=C(N)N(CC2CCC=C(CC(=O)c3ccc(O)cc3)CC2)C1=O. The maximum atomic E-state index is 13.0. The summed E-state index contributed by atoms with van der Waals surface area (Å²) in [6.45, 7) is 6.65. The number of aromatic hydroxyl groups is 1. The lowest BCUT2D eigenvalue weighted by Gasteiger charge is -2.26. The molecular weight excluding hydrogens is 378 g/mol. The highest BCUT2D eigenvalue weighted by Gasteiger charge is 2.44. The molecule has 162 valence electrons. The van der Waals surface area contributed by atoms with Crippen LogP contribution in [0.25, 0.3) is 0 Å². The normalized spacial score (nSPS) is 24.6. The van der Waals surface area contributed by atoms with E-state index < -0.39 is 5.54 Å². The summed E-state index contributed by atoms with van der Waals surface area (Å²) in [5.74, 6) is 1.27. The summed E-state index contributed by atoms with van der Waals surface area (Å²) in [5.41, 5.74) is 7.14. The van der Waals surface area contributed by atoms with Crippen molar-refractivity contribution in [2.45, 2.75) is 64.8 Å². The summed E-state index contributed by atoms with van der Waals surface area (Å²) >= 11 is 0. The molecule has 2 unspecified atom stereocenters. The van der Waals surface area contributed by atoms with Crippen LogP contribution in [0.2, 0.25) is 0 Å². The average Bonchev–Trinajstić information content (AvgIpc) is 2.82. The number of carbonyl (C=O) groups excluding carboxylic acids is 2. The number of allylic oxidation sites excluding steroid dienone is 2. The Bertz CT molecular complexity index is 857. The van der Waals surface area contributed by atoms with Crippen LogP contribution in [-0.2, 0) is 4.79 Å². The second-order valence-corrected chi connectivity index (χ2v) is 9.25. The standard InChI is InChI=1S/C24H33N3O3/c1-16(2)14-24(3)22(30)27(23(25)26-24)15-18-6-4-5-17(7-8-18)13-21(29)19-9-11-20(28)12-10-19/h5,9-12,16,18,28H,4,6-8,13-15H2,1-3H3,(H2,25,26). The Balaban J connectivity index is 1.55. The number of guanidine groups is 1. The van der Waals surface area contributed by atoms with Gasteiger partial charge in [-0.2, -0.15) is 0 Å². The Morgan fingerprint density at radius 3 is 2.67 bits per heavy atom. The summed E-state index contributed by atoms with van der Waals surface area (Å²) < 4.78 is 0. The lowest BCUT2D eigenvalue weighted by molar-refractivity contribution is -0.131. The first-order valence-electron chi connectivity index (χ1n) is 10.9. The van der Waals surface area contributed by atoms with Gasteiger partial charge in [-0.25, -0.2) is 4.99 Å².